The molecule has 3 amide bonds. The van der Waals surface area contributed by atoms with Gasteiger partial charge in [-0.15, -0.1) is 0 Å². The fraction of sp³-hybridized carbons (Fsp3) is 0.0800. The number of imide groups is 1. The predicted molar refractivity (Wildman–Crippen MR) is 136 cm³/mol. The number of carbonyl (C=O) groups excluding carboxylic acids is 3. The highest BCUT2D eigenvalue weighted by Gasteiger charge is 2.30. The maximum atomic E-state index is 13.7. The van der Waals surface area contributed by atoms with Gasteiger partial charge in [0.1, 0.15) is 5.82 Å². The zero-order valence-corrected chi connectivity index (χ0v) is 20.4. The van der Waals surface area contributed by atoms with Gasteiger partial charge in [-0.1, -0.05) is 39.4 Å². The second kappa shape index (κ2) is 9.47. The Morgan fingerprint density at radius 2 is 1.71 bits per heavy atom. The summed E-state index contributed by atoms with van der Waals surface area (Å²) in [6, 6.07) is 17.8. The second-order valence-electron chi connectivity index (χ2n) is 7.69. The Labute approximate surface area is 211 Å². The van der Waals surface area contributed by atoms with E-state index in [2.05, 4.69) is 26.0 Å². The van der Waals surface area contributed by atoms with Crippen LogP contribution in [0.15, 0.2) is 76.3 Å². The lowest BCUT2D eigenvalue weighted by molar-refractivity contribution is -0.121. The first-order valence-corrected chi connectivity index (χ1v) is 12.2. The van der Waals surface area contributed by atoms with Crippen molar-refractivity contribution in [3.63, 3.8) is 0 Å². The lowest BCUT2D eigenvalue weighted by atomic mass is 10.2. The summed E-state index contributed by atoms with van der Waals surface area (Å²) in [5.74, 6) is -1.40. The van der Waals surface area contributed by atoms with Crippen molar-refractivity contribution in [2.24, 2.45) is 5.10 Å². The van der Waals surface area contributed by atoms with Crippen molar-refractivity contribution in [3.05, 3.63) is 88.1 Å². The Morgan fingerprint density at radius 1 is 1.03 bits per heavy atom. The molecule has 35 heavy (non-hydrogen) atoms. The minimum absolute atomic E-state index is 0.177. The van der Waals surface area contributed by atoms with Crippen LogP contribution in [0.4, 0.5) is 15.2 Å². The van der Waals surface area contributed by atoms with Crippen LogP contribution in [0.25, 0.3) is 10.2 Å². The van der Waals surface area contributed by atoms with Crippen molar-refractivity contribution >= 4 is 72.2 Å². The Morgan fingerprint density at radius 3 is 2.40 bits per heavy atom. The highest BCUT2D eigenvalue weighted by molar-refractivity contribution is 9.10. The van der Waals surface area contributed by atoms with Gasteiger partial charge in [-0.3, -0.25) is 19.3 Å². The van der Waals surface area contributed by atoms with E-state index in [4.69, 9.17) is 0 Å². The number of halogens is 2. The molecule has 0 bridgehead atoms. The molecular weight excluding hydrogens is 535 g/mol. The van der Waals surface area contributed by atoms with Crippen molar-refractivity contribution in [1.29, 1.82) is 0 Å². The second-order valence-corrected chi connectivity index (χ2v) is 9.62. The van der Waals surface area contributed by atoms with Gasteiger partial charge in [-0.2, -0.15) is 10.1 Å². The first-order valence-electron chi connectivity index (χ1n) is 10.5. The number of hydrogen-bond acceptors (Lipinski definition) is 6. The number of anilines is 2. The highest BCUT2D eigenvalue weighted by Crippen LogP contribution is 2.31. The maximum Gasteiger partial charge on any atom is 0.280 e. The van der Waals surface area contributed by atoms with Gasteiger partial charge in [0.05, 0.1) is 22.1 Å². The Bertz CT molecular complexity index is 1470. The minimum Gasteiger partial charge on any atom is -0.274 e. The minimum atomic E-state index is -0.469. The SMILES string of the molecule is O=C(c1ccc(N2C(=O)CCC2=O)cc1)N(/N=C/c1ccc(Br)cc1)c1nc2ccc(F)cc2s1. The van der Waals surface area contributed by atoms with Crippen LogP contribution >= 0.6 is 27.3 Å². The standard InChI is InChI=1S/C25H16BrFN4O3S/c26-17-5-1-15(2-6-17)14-28-31(25-29-20-10-7-18(27)13-21(20)35-25)24(34)16-3-8-19(9-4-16)30-22(32)11-12-23(30)33/h1-10,13-14H,11-12H2/b28-14+. The molecule has 0 N–H and O–H groups in total. The van der Waals surface area contributed by atoms with Crippen LogP contribution in [0.1, 0.15) is 28.8 Å². The number of benzene rings is 3. The number of thiazole rings is 1. The van der Waals surface area contributed by atoms with Gasteiger partial charge < -0.3 is 0 Å². The van der Waals surface area contributed by atoms with Gasteiger partial charge in [0.25, 0.3) is 5.91 Å². The largest absolute Gasteiger partial charge is 0.280 e. The van der Waals surface area contributed by atoms with Crippen LogP contribution in [0, 0.1) is 5.82 Å². The molecule has 1 aromatic heterocycles. The molecule has 0 atom stereocenters. The molecule has 3 aromatic carbocycles. The molecule has 0 radical (unpaired) electrons. The molecule has 5 rings (SSSR count). The maximum absolute atomic E-state index is 13.7. The summed E-state index contributed by atoms with van der Waals surface area (Å²) in [5.41, 5.74) is 2.00. The monoisotopic (exact) mass is 550 g/mol. The van der Waals surface area contributed by atoms with Crippen molar-refractivity contribution in [2.75, 3.05) is 9.91 Å². The number of rotatable bonds is 5. The number of hydrogen-bond donors (Lipinski definition) is 0. The number of carbonyl (C=O) groups is 3. The van der Waals surface area contributed by atoms with E-state index in [1.54, 1.807) is 18.2 Å². The van der Waals surface area contributed by atoms with Crippen molar-refractivity contribution in [2.45, 2.75) is 12.8 Å². The summed E-state index contributed by atoms with van der Waals surface area (Å²) in [5, 5.41) is 5.83. The average Bonchev–Trinajstić information content (AvgIpc) is 3.42. The van der Waals surface area contributed by atoms with Crippen LogP contribution in [-0.2, 0) is 9.59 Å². The van der Waals surface area contributed by atoms with E-state index in [-0.39, 0.29) is 35.4 Å². The van der Waals surface area contributed by atoms with Crippen LogP contribution in [0.3, 0.4) is 0 Å². The molecule has 0 saturated carbocycles. The van der Waals surface area contributed by atoms with Crippen LogP contribution in [0.2, 0.25) is 0 Å². The Kier molecular flexibility index (Phi) is 6.23. The van der Waals surface area contributed by atoms with E-state index in [9.17, 15) is 18.8 Å². The molecule has 174 valence electrons. The van der Waals surface area contributed by atoms with Crippen molar-refractivity contribution in [1.82, 2.24) is 4.98 Å². The molecule has 0 aliphatic carbocycles. The summed E-state index contributed by atoms with van der Waals surface area (Å²) >= 11 is 4.52. The van der Waals surface area contributed by atoms with Gasteiger partial charge in [0, 0.05) is 22.9 Å². The number of aromatic nitrogens is 1. The summed E-state index contributed by atoms with van der Waals surface area (Å²) < 4.78 is 15.2. The van der Waals surface area contributed by atoms with E-state index in [0.29, 0.717) is 15.9 Å². The zero-order chi connectivity index (χ0) is 24.5. The number of hydrazone groups is 1. The van der Waals surface area contributed by atoms with Crippen LogP contribution in [-0.4, -0.2) is 28.9 Å². The van der Waals surface area contributed by atoms with Crippen LogP contribution < -0.4 is 9.91 Å². The normalized spacial score (nSPS) is 13.8. The van der Waals surface area contributed by atoms with Gasteiger partial charge >= 0.3 is 0 Å². The quantitative estimate of drug-likeness (QED) is 0.186. The third-order valence-electron chi connectivity index (χ3n) is 5.33. The first kappa shape index (κ1) is 23.0. The summed E-state index contributed by atoms with van der Waals surface area (Å²) in [4.78, 5) is 43.1. The first-order chi connectivity index (χ1) is 16.9. The van der Waals surface area contributed by atoms with Crippen molar-refractivity contribution < 1.29 is 18.8 Å². The molecule has 0 spiro atoms. The van der Waals surface area contributed by atoms with E-state index < -0.39 is 11.7 Å². The van der Waals surface area contributed by atoms with E-state index in [0.717, 1.165) is 31.3 Å². The van der Waals surface area contributed by atoms with E-state index in [1.807, 2.05) is 24.3 Å². The predicted octanol–water partition coefficient (Wildman–Crippen LogP) is 5.53. The fourth-order valence-electron chi connectivity index (χ4n) is 3.58. The molecule has 1 fully saturated rings. The molecular formula is C25H16BrFN4O3S. The lowest BCUT2D eigenvalue weighted by Crippen LogP contribution is -2.29. The number of amides is 3. The van der Waals surface area contributed by atoms with Gasteiger partial charge in [0.2, 0.25) is 16.9 Å². The molecule has 1 aliphatic rings. The zero-order valence-electron chi connectivity index (χ0n) is 18.0. The molecule has 10 heteroatoms. The topological polar surface area (TPSA) is 82.9 Å². The Balaban J connectivity index is 1.50. The van der Waals surface area contributed by atoms with Gasteiger partial charge in [-0.25, -0.2) is 9.37 Å². The molecule has 2 heterocycles. The van der Waals surface area contributed by atoms with E-state index >= 15 is 0 Å². The highest BCUT2D eigenvalue weighted by atomic mass is 79.9. The summed E-state index contributed by atoms with van der Waals surface area (Å²) in [7, 11) is 0. The molecule has 1 saturated heterocycles. The fourth-order valence-corrected chi connectivity index (χ4v) is 4.79. The summed E-state index contributed by atoms with van der Waals surface area (Å²) in [6.45, 7) is 0. The molecule has 0 unspecified atom stereocenters. The number of nitrogens with zero attached hydrogens (tertiary/aromatic N) is 4. The Hall–Kier alpha value is -3.76. The summed E-state index contributed by atoms with van der Waals surface area (Å²) in [6.07, 6.45) is 1.89. The van der Waals surface area contributed by atoms with Gasteiger partial charge in [0.15, 0.2) is 0 Å². The van der Waals surface area contributed by atoms with Gasteiger partial charge in [-0.05, 0) is 60.2 Å². The molecule has 4 aromatic rings. The third kappa shape index (κ3) is 4.75. The van der Waals surface area contributed by atoms with Crippen molar-refractivity contribution in [3.8, 4) is 0 Å². The third-order valence-corrected chi connectivity index (χ3v) is 6.85. The number of fused-ring (bicyclic) bond motifs is 1. The average molecular weight is 551 g/mol. The lowest BCUT2D eigenvalue weighted by Gasteiger charge is -2.16. The smallest absolute Gasteiger partial charge is 0.274 e. The van der Waals surface area contributed by atoms with E-state index in [1.165, 1.54) is 30.5 Å². The van der Waals surface area contributed by atoms with Crippen LogP contribution in [0.5, 0.6) is 0 Å². The molecule has 7 nitrogen and oxygen atoms in total. The molecule has 1 aliphatic heterocycles.